The van der Waals surface area contributed by atoms with E-state index < -0.39 is 0 Å². The lowest BCUT2D eigenvalue weighted by atomic mass is 9.43. The molecule has 0 amide bonds. The molecule has 7 aromatic carbocycles. The highest BCUT2D eigenvalue weighted by Crippen LogP contribution is 2.69. The Labute approximate surface area is 316 Å². The molecule has 0 radical (unpaired) electrons. The fourth-order valence-electron chi connectivity index (χ4n) is 11.9. The fourth-order valence-corrected chi connectivity index (χ4v) is 11.9. The second kappa shape index (κ2) is 11.6. The average Bonchev–Trinajstić information content (AvgIpc) is 3.75. The number of para-hydroxylation sites is 2. The maximum atomic E-state index is 6.46. The van der Waals surface area contributed by atoms with Crippen molar-refractivity contribution in [3.8, 4) is 33.4 Å². The van der Waals surface area contributed by atoms with Crippen molar-refractivity contribution in [3.63, 3.8) is 0 Å². The average molecular weight is 696 g/mol. The molecule has 0 saturated heterocycles. The molecule has 8 aromatic rings. The molecular weight excluding hydrogens is 655 g/mol. The number of rotatable bonds is 5. The second-order valence-electron chi connectivity index (χ2n) is 16.5. The van der Waals surface area contributed by atoms with Crippen LogP contribution in [0.15, 0.2) is 168 Å². The quantitative estimate of drug-likeness (QED) is 0.178. The van der Waals surface area contributed by atoms with Crippen LogP contribution >= 0.6 is 0 Å². The van der Waals surface area contributed by atoms with Gasteiger partial charge in [-0.2, -0.15) is 0 Å². The van der Waals surface area contributed by atoms with Crippen LogP contribution in [0.5, 0.6) is 0 Å². The molecule has 54 heavy (non-hydrogen) atoms. The van der Waals surface area contributed by atoms with Crippen molar-refractivity contribution in [3.05, 3.63) is 175 Å². The first-order valence-electron chi connectivity index (χ1n) is 19.9. The van der Waals surface area contributed by atoms with Gasteiger partial charge in [0.2, 0.25) is 0 Å². The smallest absolute Gasteiger partial charge is 0.143 e. The summed E-state index contributed by atoms with van der Waals surface area (Å²) in [6, 6.07) is 60.7. The summed E-state index contributed by atoms with van der Waals surface area (Å²) < 4.78 is 6.46. The van der Waals surface area contributed by atoms with E-state index in [1.54, 1.807) is 11.1 Å². The van der Waals surface area contributed by atoms with Crippen LogP contribution < -0.4 is 4.90 Å². The van der Waals surface area contributed by atoms with Gasteiger partial charge >= 0.3 is 0 Å². The highest BCUT2D eigenvalue weighted by atomic mass is 16.3. The Hall–Kier alpha value is -5.86. The minimum atomic E-state index is 0.118. The summed E-state index contributed by atoms with van der Waals surface area (Å²) in [7, 11) is 0. The van der Waals surface area contributed by atoms with E-state index in [9.17, 15) is 0 Å². The summed E-state index contributed by atoms with van der Waals surface area (Å²) in [6.45, 7) is 0. The van der Waals surface area contributed by atoms with Crippen LogP contribution in [0.25, 0.3) is 55.3 Å². The molecule has 4 bridgehead atoms. The van der Waals surface area contributed by atoms with Crippen LogP contribution in [0.1, 0.15) is 43.2 Å². The van der Waals surface area contributed by atoms with E-state index in [1.165, 1.54) is 60.0 Å². The Morgan fingerprint density at radius 1 is 0.426 bits per heavy atom. The third-order valence-electron chi connectivity index (χ3n) is 13.9. The summed E-state index contributed by atoms with van der Waals surface area (Å²) in [5, 5.41) is 2.32. The molecule has 1 spiro atoms. The van der Waals surface area contributed by atoms with Gasteiger partial charge in [-0.15, -0.1) is 0 Å². The van der Waals surface area contributed by atoms with Gasteiger partial charge in [-0.3, -0.25) is 0 Å². The first-order valence-corrected chi connectivity index (χ1v) is 19.9. The first kappa shape index (κ1) is 30.6. The van der Waals surface area contributed by atoms with Crippen molar-refractivity contribution in [1.29, 1.82) is 0 Å². The monoisotopic (exact) mass is 695 g/mol. The normalized spacial score (nSPS) is 23.3. The number of furan rings is 1. The molecule has 0 unspecified atom stereocenters. The van der Waals surface area contributed by atoms with Crippen molar-refractivity contribution in [2.45, 2.75) is 37.5 Å². The topological polar surface area (TPSA) is 16.4 Å². The Bertz CT molecular complexity index is 2690. The fraction of sp³-hybridized carbons (Fsp3) is 0.192. The molecule has 2 nitrogen and oxygen atoms in total. The molecule has 4 fully saturated rings. The number of benzene rings is 7. The van der Waals surface area contributed by atoms with E-state index in [0.717, 1.165) is 68.1 Å². The number of hydrogen-bond donors (Lipinski definition) is 0. The molecule has 13 rings (SSSR count). The second-order valence-corrected chi connectivity index (χ2v) is 16.5. The predicted molar refractivity (Wildman–Crippen MR) is 223 cm³/mol. The number of nitrogens with zero attached hydrogens (tertiary/aromatic N) is 1. The maximum Gasteiger partial charge on any atom is 0.143 e. The van der Waals surface area contributed by atoms with Gasteiger partial charge in [-0.25, -0.2) is 0 Å². The van der Waals surface area contributed by atoms with E-state index in [1.807, 2.05) is 6.07 Å². The van der Waals surface area contributed by atoms with E-state index in [4.69, 9.17) is 4.42 Å². The molecule has 260 valence electrons. The van der Waals surface area contributed by atoms with Crippen LogP contribution in [0.4, 0.5) is 17.1 Å². The largest absolute Gasteiger partial charge is 0.455 e. The summed E-state index contributed by atoms with van der Waals surface area (Å²) in [6.07, 6.45) is 7.00. The van der Waals surface area contributed by atoms with Crippen LogP contribution in [-0.2, 0) is 5.41 Å². The lowest BCUT2D eigenvalue weighted by Gasteiger charge is -2.61. The summed E-state index contributed by atoms with van der Waals surface area (Å²) >= 11 is 0. The Kier molecular flexibility index (Phi) is 6.55. The lowest BCUT2D eigenvalue weighted by Crippen LogP contribution is -2.55. The molecule has 1 heterocycles. The zero-order valence-corrected chi connectivity index (χ0v) is 30.3. The lowest BCUT2D eigenvalue weighted by molar-refractivity contribution is -0.0399. The number of anilines is 3. The first-order chi connectivity index (χ1) is 26.7. The van der Waals surface area contributed by atoms with Crippen LogP contribution in [0.3, 0.4) is 0 Å². The van der Waals surface area contributed by atoms with E-state index >= 15 is 0 Å². The van der Waals surface area contributed by atoms with Gasteiger partial charge in [0.25, 0.3) is 0 Å². The van der Waals surface area contributed by atoms with Gasteiger partial charge in [-0.1, -0.05) is 121 Å². The van der Waals surface area contributed by atoms with E-state index in [0.29, 0.717) is 0 Å². The van der Waals surface area contributed by atoms with Crippen molar-refractivity contribution < 1.29 is 4.42 Å². The minimum Gasteiger partial charge on any atom is -0.455 e. The van der Waals surface area contributed by atoms with E-state index in [2.05, 4.69) is 163 Å². The van der Waals surface area contributed by atoms with Gasteiger partial charge in [0.05, 0.1) is 0 Å². The third kappa shape index (κ3) is 4.34. The highest BCUT2D eigenvalue weighted by molar-refractivity contribution is 6.09. The standard InChI is InChI=1S/C52H41NO/c1-2-9-35(10-3-1)36-17-21-40(22-18-36)53(41-23-19-37(20-24-41)43-13-8-14-47-46-12-5-7-16-50(46)54-51(43)47)42-25-26-45-44-11-4-6-15-48(44)52(49(45)32-42)38-28-33-27-34(30-38)31-39(52)29-33/h1-26,32-34,38-39H,27-31H2. The summed E-state index contributed by atoms with van der Waals surface area (Å²) in [4.78, 5) is 2.48. The molecule has 5 aliphatic rings. The molecule has 4 saturated carbocycles. The van der Waals surface area contributed by atoms with E-state index in [-0.39, 0.29) is 5.41 Å². The zero-order valence-electron chi connectivity index (χ0n) is 30.3. The van der Waals surface area contributed by atoms with Crippen LogP contribution in [-0.4, -0.2) is 0 Å². The maximum absolute atomic E-state index is 6.46. The van der Waals surface area contributed by atoms with Gasteiger partial charge in [0.15, 0.2) is 0 Å². The zero-order chi connectivity index (χ0) is 35.4. The molecule has 0 atom stereocenters. The van der Waals surface area contributed by atoms with Crippen LogP contribution in [0.2, 0.25) is 0 Å². The summed E-state index contributed by atoms with van der Waals surface area (Å²) in [5.41, 5.74) is 16.4. The number of hydrogen-bond acceptors (Lipinski definition) is 2. The molecule has 0 aliphatic heterocycles. The Morgan fingerprint density at radius 3 is 1.76 bits per heavy atom. The molecular formula is C52H41NO. The van der Waals surface area contributed by atoms with Gasteiger partial charge in [0, 0.05) is 38.8 Å². The molecule has 2 heteroatoms. The molecule has 5 aliphatic carbocycles. The van der Waals surface area contributed by atoms with Gasteiger partial charge < -0.3 is 9.32 Å². The Morgan fingerprint density at radius 2 is 1.00 bits per heavy atom. The predicted octanol–water partition coefficient (Wildman–Crippen LogP) is 14.1. The Balaban J connectivity index is 1.01. The van der Waals surface area contributed by atoms with Gasteiger partial charge in [0.1, 0.15) is 11.2 Å². The summed E-state index contributed by atoms with van der Waals surface area (Å²) in [5.74, 6) is 3.29. The van der Waals surface area contributed by atoms with Gasteiger partial charge in [-0.05, 0) is 137 Å². The van der Waals surface area contributed by atoms with Crippen molar-refractivity contribution in [1.82, 2.24) is 0 Å². The van der Waals surface area contributed by atoms with Crippen molar-refractivity contribution in [2.24, 2.45) is 23.7 Å². The molecule has 1 aromatic heterocycles. The van der Waals surface area contributed by atoms with Crippen molar-refractivity contribution in [2.75, 3.05) is 4.90 Å². The highest BCUT2D eigenvalue weighted by Gasteiger charge is 2.61. The minimum absolute atomic E-state index is 0.118. The van der Waals surface area contributed by atoms with Crippen LogP contribution in [0, 0.1) is 23.7 Å². The number of fused-ring (bicyclic) bond motifs is 6. The van der Waals surface area contributed by atoms with Crippen molar-refractivity contribution >= 4 is 39.0 Å². The third-order valence-corrected chi connectivity index (χ3v) is 13.9. The molecule has 0 N–H and O–H groups in total. The SMILES string of the molecule is c1ccc(-c2ccc(N(c3ccc(-c4cccc5c4oc4ccccc45)cc3)c3ccc4c(c3)C3(c5ccccc5-4)C4CC5CC(C4)CC3C5)cc2)cc1.